The van der Waals surface area contributed by atoms with Crippen molar-refractivity contribution in [2.75, 3.05) is 13.2 Å². The molecule has 0 spiro atoms. The highest BCUT2D eigenvalue weighted by Gasteiger charge is 2.47. The molecule has 6 N–H and O–H groups in total. The van der Waals surface area contributed by atoms with Crippen molar-refractivity contribution in [1.29, 1.82) is 0 Å². The van der Waals surface area contributed by atoms with Gasteiger partial charge in [-0.3, -0.25) is 9.59 Å². The fourth-order valence-corrected chi connectivity index (χ4v) is 8.65. The molecule has 1 rings (SSSR count). The maximum Gasteiger partial charge on any atom is 0.306 e. The summed E-state index contributed by atoms with van der Waals surface area (Å²) in [6, 6.07) is -1.04. The van der Waals surface area contributed by atoms with Gasteiger partial charge in [0, 0.05) is 6.42 Å². The van der Waals surface area contributed by atoms with Crippen molar-refractivity contribution < 1.29 is 49.3 Å². The third-order valence-electron chi connectivity index (χ3n) is 13.3. The van der Waals surface area contributed by atoms with Gasteiger partial charge in [-0.2, -0.15) is 0 Å². The third-order valence-corrected chi connectivity index (χ3v) is 13.3. The van der Waals surface area contributed by atoms with Gasteiger partial charge in [0.05, 0.1) is 25.4 Å². The SMILES string of the molecule is CCCCC/C=C\C/C=C\C/C=C\CCCCCCCC(O)C(=O)NC(COC1OC(CO)C(O)C(O)C1OC(=O)CC/C=C/C/C=C\CCCCCCCC)C(O)/C=C/CCCCCCCCCCCC. The van der Waals surface area contributed by atoms with E-state index in [1.165, 1.54) is 109 Å². The summed E-state index contributed by atoms with van der Waals surface area (Å²) in [6.07, 6.45) is 51.0. The first kappa shape index (κ1) is 67.1. The molecule has 416 valence electrons. The molecular formula is C61H107NO10. The molecule has 72 heavy (non-hydrogen) atoms. The number of hydrogen-bond acceptors (Lipinski definition) is 10. The molecule has 1 saturated heterocycles. The van der Waals surface area contributed by atoms with E-state index < -0.39 is 67.4 Å². The lowest BCUT2D eigenvalue weighted by atomic mass is 9.99. The van der Waals surface area contributed by atoms with E-state index in [-0.39, 0.29) is 19.4 Å². The Balaban J connectivity index is 2.76. The van der Waals surface area contributed by atoms with Gasteiger partial charge in [0.1, 0.15) is 24.4 Å². The Bertz CT molecular complexity index is 1440. The van der Waals surface area contributed by atoms with Crippen molar-refractivity contribution in [1.82, 2.24) is 5.32 Å². The van der Waals surface area contributed by atoms with Gasteiger partial charge in [0.2, 0.25) is 5.91 Å². The Morgan fingerprint density at radius 3 is 1.46 bits per heavy atom. The Hall–Kier alpha value is -2.90. The van der Waals surface area contributed by atoms with Crippen LogP contribution in [0.15, 0.2) is 72.9 Å². The minimum absolute atomic E-state index is 0.0137. The van der Waals surface area contributed by atoms with Crippen molar-refractivity contribution >= 4 is 11.9 Å². The largest absolute Gasteiger partial charge is 0.454 e. The number of carbonyl (C=O) groups is 2. The quantitative estimate of drug-likeness (QED) is 0.0195. The summed E-state index contributed by atoms with van der Waals surface area (Å²) in [5, 5.41) is 56.8. The number of carbonyl (C=O) groups excluding carboxylic acids is 2. The van der Waals surface area contributed by atoms with Gasteiger partial charge in [-0.1, -0.05) is 222 Å². The number of ether oxygens (including phenoxy) is 3. The first-order valence-electron chi connectivity index (χ1n) is 29.2. The lowest BCUT2D eigenvalue weighted by Crippen LogP contribution is -2.61. The summed E-state index contributed by atoms with van der Waals surface area (Å²) >= 11 is 0. The summed E-state index contributed by atoms with van der Waals surface area (Å²) < 4.78 is 17.5. The van der Waals surface area contributed by atoms with Crippen LogP contribution in [-0.4, -0.2) is 99.6 Å². The van der Waals surface area contributed by atoms with Crippen molar-refractivity contribution in [3.63, 3.8) is 0 Å². The Morgan fingerprint density at radius 1 is 0.542 bits per heavy atom. The van der Waals surface area contributed by atoms with Crippen molar-refractivity contribution in [3.8, 4) is 0 Å². The molecule has 1 aliphatic heterocycles. The van der Waals surface area contributed by atoms with E-state index >= 15 is 0 Å². The highest BCUT2D eigenvalue weighted by Crippen LogP contribution is 2.26. The number of aliphatic hydroxyl groups is 5. The molecular weight excluding hydrogens is 907 g/mol. The zero-order chi connectivity index (χ0) is 52.5. The predicted molar refractivity (Wildman–Crippen MR) is 296 cm³/mol. The van der Waals surface area contributed by atoms with Gasteiger partial charge in [-0.05, 0) is 83.5 Å². The normalized spacial score (nSPS) is 20.0. The fourth-order valence-electron chi connectivity index (χ4n) is 8.65. The van der Waals surface area contributed by atoms with E-state index in [0.717, 1.165) is 83.5 Å². The van der Waals surface area contributed by atoms with Crippen LogP contribution in [-0.2, 0) is 23.8 Å². The van der Waals surface area contributed by atoms with Gasteiger partial charge in [0.25, 0.3) is 0 Å². The number of allylic oxidation sites excluding steroid dienone is 11. The van der Waals surface area contributed by atoms with Crippen LogP contribution < -0.4 is 5.32 Å². The second kappa shape index (κ2) is 49.0. The molecule has 8 unspecified atom stereocenters. The molecule has 11 nitrogen and oxygen atoms in total. The number of rotatable bonds is 48. The number of unbranched alkanes of at least 4 members (excludes halogenated alkanes) is 24. The van der Waals surface area contributed by atoms with Crippen LogP contribution in [0.5, 0.6) is 0 Å². The van der Waals surface area contributed by atoms with Crippen LogP contribution >= 0.6 is 0 Å². The van der Waals surface area contributed by atoms with Crippen molar-refractivity contribution in [3.05, 3.63) is 72.9 Å². The van der Waals surface area contributed by atoms with Crippen LogP contribution in [0.2, 0.25) is 0 Å². The maximum absolute atomic E-state index is 13.4. The molecule has 0 aromatic rings. The van der Waals surface area contributed by atoms with E-state index in [9.17, 15) is 35.1 Å². The zero-order valence-electron chi connectivity index (χ0n) is 45.8. The number of esters is 1. The summed E-state index contributed by atoms with van der Waals surface area (Å²) in [4.78, 5) is 26.4. The highest BCUT2D eigenvalue weighted by atomic mass is 16.7. The van der Waals surface area contributed by atoms with Crippen LogP contribution in [0.1, 0.15) is 239 Å². The zero-order valence-corrected chi connectivity index (χ0v) is 45.8. The minimum atomic E-state index is -1.64. The predicted octanol–water partition coefficient (Wildman–Crippen LogP) is 13.2. The second-order valence-corrected chi connectivity index (χ2v) is 20.0. The van der Waals surface area contributed by atoms with E-state index in [1.807, 2.05) is 18.2 Å². The van der Waals surface area contributed by atoms with Gasteiger partial charge in [-0.25, -0.2) is 0 Å². The molecule has 1 aliphatic rings. The Kier molecular flexibility index (Phi) is 45.7. The second-order valence-electron chi connectivity index (χ2n) is 20.0. The summed E-state index contributed by atoms with van der Waals surface area (Å²) in [5.41, 5.74) is 0. The minimum Gasteiger partial charge on any atom is -0.454 e. The Labute approximate surface area is 439 Å². The average molecular weight is 1010 g/mol. The summed E-state index contributed by atoms with van der Waals surface area (Å²) in [7, 11) is 0. The summed E-state index contributed by atoms with van der Waals surface area (Å²) in [6.45, 7) is 5.69. The molecule has 8 atom stereocenters. The number of amides is 1. The van der Waals surface area contributed by atoms with E-state index in [2.05, 4.69) is 74.7 Å². The Morgan fingerprint density at radius 2 is 0.958 bits per heavy atom. The molecule has 0 aromatic heterocycles. The standard InChI is InChI=1S/C61H107NO10/c1-4-7-10-13-16-19-22-25-26-27-28-29-31-33-36-39-42-45-48-54(65)60(69)62-52(53(64)47-44-41-38-35-32-24-21-18-15-12-9-6-3)51-70-61-59(58(68)57(67)55(50-63)71-61)72-56(66)49-46-43-40-37-34-30-23-20-17-14-11-8-5-2/h16,19,25-26,28-30,34,40,43-44,47,52-55,57-59,61,63-65,67-68H,4-15,17-18,20-24,27,31-33,35-39,41-42,45-46,48-51H2,1-3H3,(H,62,69)/b19-16-,26-25-,29-28-,34-30-,43-40+,47-44+. The average Bonchev–Trinajstić information content (AvgIpc) is 3.38. The molecule has 0 aliphatic carbocycles. The molecule has 0 aromatic carbocycles. The maximum atomic E-state index is 13.4. The molecule has 1 fully saturated rings. The van der Waals surface area contributed by atoms with Crippen LogP contribution in [0.3, 0.4) is 0 Å². The van der Waals surface area contributed by atoms with E-state index in [0.29, 0.717) is 12.8 Å². The first-order valence-corrected chi connectivity index (χ1v) is 29.2. The van der Waals surface area contributed by atoms with Crippen LogP contribution in [0.4, 0.5) is 0 Å². The molecule has 1 amide bonds. The smallest absolute Gasteiger partial charge is 0.306 e. The molecule has 1 heterocycles. The topological polar surface area (TPSA) is 175 Å². The highest BCUT2D eigenvalue weighted by molar-refractivity contribution is 5.80. The fraction of sp³-hybridized carbons (Fsp3) is 0.770. The van der Waals surface area contributed by atoms with Crippen LogP contribution in [0.25, 0.3) is 0 Å². The van der Waals surface area contributed by atoms with Gasteiger partial charge >= 0.3 is 5.97 Å². The number of hydrogen-bond donors (Lipinski definition) is 6. The molecule has 0 saturated carbocycles. The van der Waals surface area contributed by atoms with Crippen molar-refractivity contribution in [2.45, 2.75) is 288 Å². The van der Waals surface area contributed by atoms with E-state index in [4.69, 9.17) is 14.2 Å². The van der Waals surface area contributed by atoms with E-state index in [1.54, 1.807) is 6.08 Å². The molecule has 0 bridgehead atoms. The molecule has 0 radical (unpaired) electrons. The van der Waals surface area contributed by atoms with Gasteiger partial charge in [-0.15, -0.1) is 0 Å². The van der Waals surface area contributed by atoms with Crippen LogP contribution in [0, 0.1) is 0 Å². The lowest BCUT2D eigenvalue weighted by Gasteiger charge is -2.41. The lowest BCUT2D eigenvalue weighted by molar-refractivity contribution is -0.305. The monoisotopic (exact) mass is 1010 g/mol. The number of aliphatic hydroxyl groups excluding tert-OH is 5. The summed E-state index contributed by atoms with van der Waals surface area (Å²) in [5.74, 6) is -1.28. The van der Waals surface area contributed by atoms with Gasteiger partial charge < -0.3 is 45.1 Å². The van der Waals surface area contributed by atoms with Gasteiger partial charge in [0.15, 0.2) is 12.4 Å². The number of nitrogens with one attached hydrogen (secondary N) is 1. The first-order chi connectivity index (χ1) is 35.2. The molecule has 11 heteroatoms. The van der Waals surface area contributed by atoms with Crippen molar-refractivity contribution in [2.24, 2.45) is 0 Å². The third kappa shape index (κ3) is 36.9.